The highest BCUT2D eigenvalue weighted by atomic mass is 16.4. The van der Waals surface area contributed by atoms with E-state index in [1.54, 1.807) is 36.4 Å². The van der Waals surface area contributed by atoms with Crippen LogP contribution in [0.2, 0.25) is 0 Å². The monoisotopic (exact) mass is 659 g/mol. The Kier molecular flexibility index (Phi) is 9.76. The Labute approximate surface area is 287 Å². The van der Waals surface area contributed by atoms with E-state index in [0.717, 1.165) is 22.3 Å². The molecule has 0 heterocycles. The first-order valence-corrected chi connectivity index (χ1v) is 15.6. The molecule has 0 aliphatic heterocycles. The predicted octanol–water partition coefficient (Wildman–Crippen LogP) is 8.72. The third kappa shape index (κ3) is 7.58. The summed E-state index contributed by atoms with van der Waals surface area (Å²) in [5.74, 6) is -3.25. The Morgan fingerprint density at radius 2 is 0.900 bits per heavy atom. The van der Waals surface area contributed by atoms with Gasteiger partial charge in [-0.15, -0.1) is 4.91 Å². The molecular weight excluding hydrogens is 630 g/mol. The number of carboxylic acids is 1. The highest BCUT2D eigenvalue weighted by Crippen LogP contribution is 2.26. The van der Waals surface area contributed by atoms with Gasteiger partial charge in [0.15, 0.2) is 0 Å². The minimum absolute atomic E-state index is 0.104. The van der Waals surface area contributed by atoms with Crippen LogP contribution in [0.1, 0.15) is 52.6 Å². The Morgan fingerprint density at radius 3 is 1.32 bits per heavy atom. The maximum atomic E-state index is 13.1. The number of aromatic carboxylic acids is 1. The standard InChI is InChI=1S/C41H29N3O6/c45-38(32-17-13-30(14-18-32)28-7-3-1-4-8-28)42-36-21-11-26(24-34(36)40(47)44-50)23-27-12-22-37(35(25-27)41(48)49)43-39(46)33-19-15-31(16-20-33)29-9-5-2-6-10-29/h1-22,24-25H,23H2,(H,42,45)(H,43,46)(H,48,49). The molecule has 0 radical (unpaired) electrons. The zero-order valence-corrected chi connectivity index (χ0v) is 26.5. The molecule has 0 saturated heterocycles. The number of benzene rings is 6. The Balaban J connectivity index is 1.17. The maximum absolute atomic E-state index is 13.1. The molecule has 244 valence electrons. The fourth-order valence-corrected chi connectivity index (χ4v) is 5.54. The molecule has 0 bridgehead atoms. The third-order valence-corrected chi connectivity index (χ3v) is 8.12. The van der Waals surface area contributed by atoms with Crippen LogP contribution in [0.25, 0.3) is 22.3 Å². The van der Waals surface area contributed by atoms with Gasteiger partial charge in [0.1, 0.15) is 0 Å². The van der Waals surface area contributed by atoms with Crippen molar-refractivity contribution in [2.75, 3.05) is 10.6 Å². The van der Waals surface area contributed by atoms with Crippen LogP contribution in [-0.2, 0) is 6.42 Å². The van der Waals surface area contributed by atoms with Crippen LogP contribution in [0, 0.1) is 4.91 Å². The van der Waals surface area contributed by atoms with Crippen molar-refractivity contribution < 1.29 is 24.3 Å². The molecule has 0 unspecified atom stereocenters. The van der Waals surface area contributed by atoms with Crippen molar-refractivity contribution in [3.8, 4) is 22.3 Å². The number of anilines is 2. The highest BCUT2D eigenvalue weighted by Gasteiger charge is 2.18. The van der Waals surface area contributed by atoms with Gasteiger partial charge in [-0.3, -0.25) is 14.4 Å². The fourth-order valence-electron chi connectivity index (χ4n) is 5.54. The quantitative estimate of drug-likeness (QED) is 0.126. The number of nitrogens with zero attached hydrogens (tertiary/aromatic N) is 1. The predicted molar refractivity (Wildman–Crippen MR) is 192 cm³/mol. The molecule has 3 N–H and O–H groups in total. The first-order valence-electron chi connectivity index (χ1n) is 15.6. The lowest BCUT2D eigenvalue weighted by Gasteiger charge is -2.13. The van der Waals surface area contributed by atoms with E-state index in [4.69, 9.17) is 0 Å². The molecule has 0 aliphatic rings. The lowest BCUT2D eigenvalue weighted by atomic mass is 9.98. The Bertz CT molecular complexity index is 2220. The second-order valence-corrected chi connectivity index (χ2v) is 11.4. The molecule has 9 nitrogen and oxygen atoms in total. The minimum atomic E-state index is -1.24. The van der Waals surface area contributed by atoms with E-state index in [1.165, 1.54) is 24.3 Å². The Hall–Kier alpha value is -7.00. The summed E-state index contributed by atoms with van der Waals surface area (Å²) in [5.41, 5.74) is 5.73. The largest absolute Gasteiger partial charge is 0.478 e. The molecule has 6 aromatic rings. The van der Waals surface area contributed by atoms with Crippen LogP contribution in [0.15, 0.2) is 151 Å². The molecular formula is C41H29N3O6. The lowest BCUT2D eigenvalue weighted by molar-refractivity contribution is 0.0697. The van der Waals surface area contributed by atoms with E-state index in [0.29, 0.717) is 22.3 Å². The summed E-state index contributed by atoms with van der Waals surface area (Å²) in [5, 5.41) is 17.9. The van der Waals surface area contributed by atoms with Crippen LogP contribution < -0.4 is 10.6 Å². The molecule has 0 aromatic heterocycles. The van der Waals surface area contributed by atoms with Gasteiger partial charge in [-0.25, -0.2) is 4.79 Å². The fraction of sp³-hybridized carbons (Fsp3) is 0.0244. The third-order valence-electron chi connectivity index (χ3n) is 8.12. The molecule has 50 heavy (non-hydrogen) atoms. The number of carbonyl (C=O) groups is 4. The molecule has 0 atom stereocenters. The summed E-state index contributed by atoms with van der Waals surface area (Å²) in [4.78, 5) is 62.1. The number of carbonyl (C=O) groups excluding carboxylic acids is 3. The van der Waals surface area contributed by atoms with Gasteiger partial charge in [-0.1, -0.05) is 97.1 Å². The van der Waals surface area contributed by atoms with Crippen molar-refractivity contribution in [3.63, 3.8) is 0 Å². The SMILES string of the molecule is O=NC(=O)c1cc(Cc2ccc(NC(=O)c3ccc(-c4ccccc4)cc3)c(C(=O)O)c2)ccc1NC(=O)c1ccc(-c2ccccc2)cc1. The van der Waals surface area contributed by atoms with Crippen molar-refractivity contribution in [3.05, 3.63) is 184 Å². The number of nitrogens with one attached hydrogen (secondary N) is 2. The second-order valence-electron chi connectivity index (χ2n) is 11.4. The number of nitroso groups, excluding NO2 is 1. The zero-order chi connectivity index (χ0) is 35.0. The van der Waals surface area contributed by atoms with Gasteiger partial charge in [0.05, 0.1) is 22.5 Å². The number of amides is 3. The topological polar surface area (TPSA) is 142 Å². The Morgan fingerprint density at radius 1 is 0.500 bits per heavy atom. The van der Waals surface area contributed by atoms with E-state index in [-0.39, 0.29) is 28.9 Å². The van der Waals surface area contributed by atoms with Crippen LogP contribution in [-0.4, -0.2) is 28.8 Å². The van der Waals surface area contributed by atoms with Crippen molar-refractivity contribution in [2.24, 2.45) is 5.18 Å². The van der Waals surface area contributed by atoms with Crippen LogP contribution in [0.4, 0.5) is 11.4 Å². The zero-order valence-electron chi connectivity index (χ0n) is 26.5. The summed E-state index contributed by atoms with van der Waals surface area (Å²) in [6.07, 6.45) is 0.184. The molecule has 0 aliphatic carbocycles. The van der Waals surface area contributed by atoms with Gasteiger partial charge in [-0.2, -0.15) is 0 Å². The minimum Gasteiger partial charge on any atom is -0.478 e. The highest BCUT2D eigenvalue weighted by molar-refractivity contribution is 6.10. The summed E-state index contributed by atoms with van der Waals surface area (Å²) in [7, 11) is 0. The molecule has 9 heteroatoms. The van der Waals surface area contributed by atoms with Crippen LogP contribution >= 0.6 is 0 Å². The number of hydrogen-bond donors (Lipinski definition) is 3. The van der Waals surface area contributed by atoms with E-state index in [1.807, 2.05) is 84.9 Å². The van der Waals surface area contributed by atoms with Gasteiger partial charge in [0, 0.05) is 16.3 Å². The lowest BCUT2D eigenvalue weighted by Crippen LogP contribution is -2.15. The average molecular weight is 660 g/mol. The van der Waals surface area contributed by atoms with Gasteiger partial charge >= 0.3 is 11.9 Å². The van der Waals surface area contributed by atoms with Crippen molar-refractivity contribution >= 4 is 35.1 Å². The van der Waals surface area contributed by atoms with E-state index >= 15 is 0 Å². The average Bonchev–Trinajstić information content (AvgIpc) is 3.16. The summed E-state index contributed by atoms with van der Waals surface area (Å²) >= 11 is 0. The van der Waals surface area contributed by atoms with Gasteiger partial charge in [0.25, 0.3) is 11.8 Å². The number of hydrogen-bond acceptors (Lipinski definition) is 5. The smallest absolute Gasteiger partial charge is 0.337 e. The van der Waals surface area contributed by atoms with Gasteiger partial charge < -0.3 is 15.7 Å². The summed E-state index contributed by atoms with van der Waals surface area (Å²) < 4.78 is 0. The van der Waals surface area contributed by atoms with E-state index in [9.17, 15) is 29.2 Å². The first-order chi connectivity index (χ1) is 24.3. The number of rotatable bonds is 10. The normalized spacial score (nSPS) is 10.6. The van der Waals surface area contributed by atoms with Crippen molar-refractivity contribution in [1.29, 1.82) is 0 Å². The summed E-state index contributed by atoms with van der Waals surface area (Å²) in [6.45, 7) is 0. The molecule has 0 fully saturated rings. The molecule has 6 aromatic carbocycles. The van der Waals surface area contributed by atoms with Crippen molar-refractivity contribution in [1.82, 2.24) is 0 Å². The van der Waals surface area contributed by atoms with E-state index in [2.05, 4.69) is 15.8 Å². The van der Waals surface area contributed by atoms with Crippen LogP contribution in [0.5, 0.6) is 0 Å². The van der Waals surface area contributed by atoms with Crippen LogP contribution in [0.3, 0.4) is 0 Å². The van der Waals surface area contributed by atoms with E-state index < -0.39 is 23.7 Å². The maximum Gasteiger partial charge on any atom is 0.337 e. The van der Waals surface area contributed by atoms with Crippen molar-refractivity contribution in [2.45, 2.75) is 6.42 Å². The first kappa shape index (κ1) is 32.9. The molecule has 0 spiro atoms. The molecule has 6 rings (SSSR count). The molecule has 0 saturated carbocycles. The van der Waals surface area contributed by atoms with Gasteiger partial charge in [-0.05, 0) is 88.3 Å². The van der Waals surface area contributed by atoms with Gasteiger partial charge in [0.2, 0.25) is 0 Å². The second kappa shape index (κ2) is 14.8. The molecule has 3 amide bonds. The number of carboxylic acid groups (broad SMARTS) is 1. The summed E-state index contributed by atoms with van der Waals surface area (Å²) in [6, 6.07) is 42.6.